The number of benzene rings is 1. The molecule has 4 heteroatoms. The Morgan fingerprint density at radius 3 is 2.84 bits per heavy atom. The van der Waals surface area contributed by atoms with Gasteiger partial charge in [0.05, 0.1) is 16.6 Å². The van der Waals surface area contributed by atoms with Crippen LogP contribution in [0.25, 0.3) is 11.0 Å². The molecule has 4 nitrogen and oxygen atoms in total. The Balaban J connectivity index is 2.19. The molecule has 0 saturated heterocycles. The number of aromatic nitrogens is 2. The SMILES string of the molecule is Cc1nc2ccc(C(=O)O)cc2n1C1CCCC1C. The van der Waals surface area contributed by atoms with Crippen LogP contribution < -0.4 is 0 Å². The third kappa shape index (κ3) is 1.91. The number of carbonyl (C=O) groups is 1. The third-order valence-electron chi connectivity index (χ3n) is 4.26. The van der Waals surface area contributed by atoms with Crippen molar-refractivity contribution in [1.29, 1.82) is 0 Å². The standard InChI is InChI=1S/C15H18N2O2/c1-9-4-3-5-13(9)17-10(2)16-12-7-6-11(15(18)19)8-14(12)17/h6-9,13H,3-5H2,1-2H3,(H,18,19). The molecule has 100 valence electrons. The van der Waals surface area contributed by atoms with Crippen LogP contribution in [-0.4, -0.2) is 20.6 Å². The number of fused-ring (bicyclic) bond motifs is 1. The van der Waals surface area contributed by atoms with Crippen molar-refractivity contribution in [2.75, 3.05) is 0 Å². The third-order valence-corrected chi connectivity index (χ3v) is 4.26. The molecule has 1 N–H and O–H groups in total. The normalized spacial score (nSPS) is 23.1. The molecule has 0 bridgehead atoms. The molecule has 1 aromatic carbocycles. The van der Waals surface area contributed by atoms with Crippen LogP contribution in [-0.2, 0) is 0 Å². The fraction of sp³-hybridized carbons (Fsp3) is 0.467. The van der Waals surface area contributed by atoms with Crippen LogP contribution in [0.15, 0.2) is 18.2 Å². The maximum absolute atomic E-state index is 11.1. The van der Waals surface area contributed by atoms with E-state index in [2.05, 4.69) is 16.5 Å². The highest BCUT2D eigenvalue weighted by Crippen LogP contribution is 2.38. The van der Waals surface area contributed by atoms with Crippen LogP contribution in [0.2, 0.25) is 0 Å². The summed E-state index contributed by atoms with van der Waals surface area (Å²) < 4.78 is 2.24. The lowest BCUT2D eigenvalue weighted by Crippen LogP contribution is -2.13. The second-order valence-corrected chi connectivity index (χ2v) is 5.51. The lowest BCUT2D eigenvalue weighted by molar-refractivity contribution is 0.0697. The predicted molar refractivity (Wildman–Crippen MR) is 73.5 cm³/mol. The number of aromatic carboxylic acids is 1. The number of carboxylic acids is 1. The average molecular weight is 258 g/mol. The van der Waals surface area contributed by atoms with E-state index in [1.54, 1.807) is 12.1 Å². The minimum Gasteiger partial charge on any atom is -0.478 e. The highest BCUT2D eigenvalue weighted by molar-refractivity contribution is 5.92. The van der Waals surface area contributed by atoms with Gasteiger partial charge in [-0.3, -0.25) is 0 Å². The molecule has 0 aliphatic heterocycles. The number of hydrogen-bond donors (Lipinski definition) is 1. The van der Waals surface area contributed by atoms with E-state index in [4.69, 9.17) is 5.11 Å². The maximum Gasteiger partial charge on any atom is 0.335 e. The Bertz CT molecular complexity index is 645. The average Bonchev–Trinajstić information content (AvgIpc) is 2.90. The van der Waals surface area contributed by atoms with Gasteiger partial charge in [-0.1, -0.05) is 13.3 Å². The molecule has 0 spiro atoms. The minimum atomic E-state index is -0.883. The molecule has 1 fully saturated rings. The highest BCUT2D eigenvalue weighted by Gasteiger charge is 2.27. The highest BCUT2D eigenvalue weighted by atomic mass is 16.4. The molecule has 19 heavy (non-hydrogen) atoms. The topological polar surface area (TPSA) is 55.1 Å². The van der Waals surface area contributed by atoms with Gasteiger partial charge in [0.2, 0.25) is 0 Å². The van der Waals surface area contributed by atoms with Crippen molar-refractivity contribution < 1.29 is 9.90 Å². The smallest absolute Gasteiger partial charge is 0.335 e. The van der Waals surface area contributed by atoms with Crippen molar-refractivity contribution in [2.24, 2.45) is 5.92 Å². The van der Waals surface area contributed by atoms with Crippen molar-refractivity contribution in [1.82, 2.24) is 9.55 Å². The van der Waals surface area contributed by atoms with E-state index in [1.807, 2.05) is 13.0 Å². The first-order chi connectivity index (χ1) is 9.08. The van der Waals surface area contributed by atoms with Gasteiger partial charge in [-0.15, -0.1) is 0 Å². The summed E-state index contributed by atoms with van der Waals surface area (Å²) >= 11 is 0. The maximum atomic E-state index is 11.1. The zero-order valence-electron chi connectivity index (χ0n) is 11.3. The van der Waals surface area contributed by atoms with Crippen molar-refractivity contribution in [3.8, 4) is 0 Å². The molecule has 3 rings (SSSR count). The lowest BCUT2D eigenvalue weighted by Gasteiger charge is -2.20. The molecule has 1 heterocycles. The Morgan fingerprint density at radius 1 is 1.42 bits per heavy atom. The van der Waals surface area contributed by atoms with E-state index in [9.17, 15) is 4.79 Å². The van der Waals surface area contributed by atoms with Gasteiger partial charge in [-0.2, -0.15) is 0 Å². The van der Waals surface area contributed by atoms with Gasteiger partial charge >= 0.3 is 5.97 Å². The number of aryl methyl sites for hydroxylation is 1. The minimum absolute atomic E-state index is 0.333. The summed E-state index contributed by atoms with van der Waals surface area (Å²) in [7, 11) is 0. The fourth-order valence-corrected chi connectivity index (χ4v) is 3.27. The van der Waals surface area contributed by atoms with Gasteiger partial charge < -0.3 is 9.67 Å². The van der Waals surface area contributed by atoms with E-state index < -0.39 is 5.97 Å². The van der Waals surface area contributed by atoms with E-state index in [1.165, 1.54) is 12.8 Å². The molecule has 1 aromatic heterocycles. The number of hydrogen-bond acceptors (Lipinski definition) is 2. The van der Waals surface area contributed by atoms with Crippen molar-refractivity contribution in [3.63, 3.8) is 0 Å². The number of imidazole rings is 1. The van der Waals surface area contributed by atoms with Gasteiger partial charge in [0.1, 0.15) is 5.82 Å². The van der Waals surface area contributed by atoms with E-state index in [-0.39, 0.29) is 0 Å². The van der Waals surface area contributed by atoms with Crippen LogP contribution in [0.1, 0.15) is 48.4 Å². The Labute approximate surface area is 112 Å². The zero-order chi connectivity index (χ0) is 13.6. The Kier molecular flexibility index (Phi) is 2.81. The van der Waals surface area contributed by atoms with Crippen LogP contribution in [0, 0.1) is 12.8 Å². The van der Waals surface area contributed by atoms with Crippen molar-refractivity contribution in [2.45, 2.75) is 39.2 Å². The Morgan fingerprint density at radius 2 is 2.21 bits per heavy atom. The van der Waals surface area contributed by atoms with Crippen molar-refractivity contribution in [3.05, 3.63) is 29.6 Å². The van der Waals surface area contributed by atoms with Crippen LogP contribution in [0.5, 0.6) is 0 Å². The second-order valence-electron chi connectivity index (χ2n) is 5.51. The number of rotatable bonds is 2. The zero-order valence-corrected chi connectivity index (χ0v) is 11.3. The molecule has 2 aromatic rings. The molecular formula is C15H18N2O2. The van der Waals surface area contributed by atoms with Gasteiger partial charge in [0.15, 0.2) is 0 Å². The van der Waals surface area contributed by atoms with E-state index in [0.717, 1.165) is 23.3 Å². The fourth-order valence-electron chi connectivity index (χ4n) is 3.27. The number of carboxylic acid groups (broad SMARTS) is 1. The summed E-state index contributed by atoms with van der Waals surface area (Å²) in [6.45, 7) is 4.27. The quantitative estimate of drug-likeness (QED) is 0.898. The molecule has 2 unspecified atom stereocenters. The molecule has 1 aliphatic rings. The molecule has 0 amide bonds. The van der Waals surface area contributed by atoms with Crippen LogP contribution in [0.4, 0.5) is 0 Å². The van der Waals surface area contributed by atoms with Crippen LogP contribution >= 0.6 is 0 Å². The monoisotopic (exact) mass is 258 g/mol. The summed E-state index contributed by atoms with van der Waals surface area (Å²) in [5.74, 6) is 0.729. The van der Waals surface area contributed by atoms with E-state index in [0.29, 0.717) is 17.5 Å². The predicted octanol–water partition coefficient (Wildman–Crippen LogP) is 3.40. The first-order valence-electron chi connectivity index (χ1n) is 6.80. The summed E-state index contributed by atoms with van der Waals surface area (Å²) in [5, 5.41) is 9.13. The molecule has 1 aliphatic carbocycles. The summed E-state index contributed by atoms with van der Waals surface area (Å²) in [4.78, 5) is 15.7. The summed E-state index contributed by atoms with van der Waals surface area (Å²) in [6, 6.07) is 5.64. The lowest BCUT2D eigenvalue weighted by atomic mass is 10.1. The molecule has 2 atom stereocenters. The second kappa shape index (κ2) is 4.37. The number of nitrogens with zero attached hydrogens (tertiary/aromatic N) is 2. The first kappa shape index (κ1) is 12.2. The van der Waals surface area contributed by atoms with E-state index >= 15 is 0 Å². The molecule has 0 radical (unpaired) electrons. The Hall–Kier alpha value is -1.84. The summed E-state index contributed by atoms with van der Waals surface area (Å²) in [6.07, 6.45) is 3.64. The molecule has 1 saturated carbocycles. The van der Waals surface area contributed by atoms with Gasteiger partial charge in [-0.05, 0) is 43.9 Å². The molecular weight excluding hydrogens is 240 g/mol. The largest absolute Gasteiger partial charge is 0.478 e. The van der Waals surface area contributed by atoms with Gasteiger partial charge in [0.25, 0.3) is 0 Å². The first-order valence-corrected chi connectivity index (χ1v) is 6.80. The van der Waals surface area contributed by atoms with Crippen LogP contribution in [0.3, 0.4) is 0 Å². The summed E-state index contributed by atoms with van der Waals surface area (Å²) in [5.41, 5.74) is 2.18. The van der Waals surface area contributed by atoms with Gasteiger partial charge in [0, 0.05) is 6.04 Å². The van der Waals surface area contributed by atoms with Gasteiger partial charge in [-0.25, -0.2) is 9.78 Å². The van der Waals surface area contributed by atoms with Crippen molar-refractivity contribution >= 4 is 17.0 Å².